The minimum absolute atomic E-state index is 0.130. The van der Waals surface area contributed by atoms with Gasteiger partial charge in [0.15, 0.2) is 0 Å². The van der Waals surface area contributed by atoms with Crippen molar-refractivity contribution in [1.82, 2.24) is 36.3 Å². The second-order valence-corrected chi connectivity index (χ2v) is 6.91. The summed E-state index contributed by atoms with van der Waals surface area (Å²) in [6.45, 7) is 1.00. The van der Waals surface area contributed by atoms with Gasteiger partial charge in [0, 0.05) is 54.8 Å². The maximum atomic E-state index is 10.8. The predicted molar refractivity (Wildman–Crippen MR) is 126 cm³/mol. The summed E-state index contributed by atoms with van der Waals surface area (Å²) >= 11 is 0. The smallest absolute Gasteiger partial charge is 0.311 e. The van der Waals surface area contributed by atoms with Crippen LogP contribution in [0, 0.1) is 10.1 Å². The second kappa shape index (κ2) is 10.2. The van der Waals surface area contributed by atoms with Crippen LogP contribution in [0.15, 0.2) is 61.1 Å². The van der Waals surface area contributed by atoms with Gasteiger partial charge in [-0.05, 0) is 18.2 Å². The van der Waals surface area contributed by atoms with Crippen molar-refractivity contribution in [2.24, 2.45) is 0 Å². The molecule has 12 nitrogen and oxygen atoms in total. The number of hydrogen-bond donors (Lipinski definition) is 6. The lowest BCUT2D eigenvalue weighted by Crippen LogP contribution is -2.44. The molecule has 3 heterocycles. The molecule has 4 rings (SSSR count). The van der Waals surface area contributed by atoms with Gasteiger partial charge < -0.3 is 21.5 Å². The van der Waals surface area contributed by atoms with Crippen LogP contribution in [0.2, 0.25) is 0 Å². The summed E-state index contributed by atoms with van der Waals surface area (Å²) in [6, 6.07) is 12.8. The Hall–Kier alpha value is -4.55. The van der Waals surface area contributed by atoms with E-state index in [4.69, 9.17) is 5.73 Å². The number of imidazole rings is 1. The first kappa shape index (κ1) is 21.7. The highest BCUT2D eigenvalue weighted by molar-refractivity contribution is 5.85. The highest BCUT2D eigenvalue weighted by atomic mass is 16.6. The maximum Gasteiger partial charge on any atom is 0.311 e. The maximum absolute atomic E-state index is 10.8. The fraction of sp³-hybridized carbons (Fsp3) is 0.0952. The topological polar surface area (TPSA) is 172 Å². The van der Waals surface area contributed by atoms with Crippen molar-refractivity contribution in [2.45, 2.75) is 0 Å². The zero-order valence-corrected chi connectivity index (χ0v) is 17.4. The molecule has 0 saturated carbocycles. The van der Waals surface area contributed by atoms with Gasteiger partial charge in [-0.1, -0.05) is 18.2 Å². The molecule has 0 bridgehead atoms. The molecule has 0 radical (unpaired) electrons. The molecular formula is C21H22N10O2. The summed E-state index contributed by atoms with van der Waals surface area (Å²) in [4.78, 5) is 26.0. The molecule has 0 saturated heterocycles. The van der Waals surface area contributed by atoms with Gasteiger partial charge in [0.25, 0.3) is 0 Å². The van der Waals surface area contributed by atoms with Crippen LogP contribution in [0.4, 0.5) is 17.3 Å². The molecule has 0 aliphatic rings. The number of aromatic amines is 1. The van der Waals surface area contributed by atoms with Gasteiger partial charge in [-0.2, -0.15) is 5.53 Å². The van der Waals surface area contributed by atoms with Crippen molar-refractivity contribution in [1.29, 1.82) is 0 Å². The number of nitrogens with two attached hydrogens (primary N) is 1. The Labute approximate surface area is 188 Å². The number of pyridine rings is 2. The van der Waals surface area contributed by atoms with Gasteiger partial charge in [-0.25, -0.2) is 15.4 Å². The van der Waals surface area contributed by atoms with Crippen molar-refractivity contribution in [2.75, 3.05) is 24.1 Å². The van der Waals surface area contributed by atoms with Crippen LogP contribution in [0.1, 0.15) is 11.4 Å². The van der Waals surface area contributed by atoms with Gasteiger partial charge in [0.05, 0.1) is 16.1 Å². The van der Waals surface area contributed by atoms with Crippen LogP contribution < -0.4 is 27.4 Å². The van der Waals surface area contributed by atoms with E-state index in [1.807, 2.05) is 36.4 Å². The number of aromatic nitrogens is 4. The Morgan fingerprint density at radius 3 is 2.85 bits per heavy atom. The number of nitrogens with one attached hydrogen (secondary N) is 5. The van der Waals surface area contributed by atoms with Crippen LogP contribution in [0.25, 0.3) is 22.7 Å². The number of nitro groups is 1. The Balaban J connectivity index is 1.34. The second-order valence-electron chi connectivity index (χ2n) is 6.91. The number of hydrogen-bond acceptors (Lipinski definition) is 10. The quantitative estimate of drug-likeness (QED) is 0.120. The fourth-order valence-corrected chi connectivity index (χ4v) is 3.05. The largest absolute Gasteiger partial charge is 0.378 e. The van der Waals surface area contributed by atoms with Gasteiger partial charge in [-0.3, -0.25) is 15.1 Å². The summed E-state index contributed by atoms with van der Waals surface area (Å²) in [7, 11) is 0. The van der Waals surface area contributed by atoms with E-state index in [2.05, 4.69) is 41.6 Å². The normalized spacial score (nSPS) is 11.5. The average Bonchev–Trinajstić information content (AvgIpc) is 3.33. The molecule has 7 N–H and O–H groups in total. The lowest BCUT2D eigenvalue weighted by molar-refractivity contribution is -0.384. The molecule has 12 heteroatoms. The monoisotopic (exact) mass is 446 g/mol. The van der Waals surface area contributed by atoms with Gasteiger partial charge >= 0.3 is 5.69 Å². The molecule has 0 amide bonds. The lowest BCUT2D eigenvalue weighted by atomic mass is 10.1. The molecule has 0 aliphatic heterocycles. The fourth-order valence-electron chi connectivity index (χ4n) is 3.05. The van der Waals surface area contributed by atoms with Crippen molar-refractivity contribution in [3.63, 3.8) is 0 Å². The highest BCUT2D eigenvalue weighted by Crippen LogP contribution is 2.20. The number of benzene rings is 1. The summed E-state index contributed by atoms with van der Waals surface area (Å²) < 4.78 is 0. The van der Waals surface area contributed by atoms with Crippen LogP contribution in [0.3, 0.4) is 0 Å². The minimum atomic E-state index is -0.567. The molecule has 33 heavy (non-hydrogen) atoms. The van der Waals surface area contributed by atoms with E-state index in [9.17, 15) is 10.1 Å². The third-order valence-corrected chi connectivity index (χ3v) is 4.64. The summed E-state index contributed by atoms with van der Waals surface area (Å²) in [5.41, 5.74) is 17.0. The number of rotatable bonds is 10. The van der Waals surface area contributed by atoms with E-state index in [-0.39, 0.29) is 11.5 Å². The molecule has 0 fully saturated rings. The standard InChI is InChI=1S/C21H22N10O2/c22-21-18(31(32)33)5-6-19(28-21)23-9-10-27-30-29-17(12-20-24-7-8-25-20)15-11-14-3-1-2-4-16(14)26-13-15/h1-8,11-13,27,29-30H,9-10H2,(H,24,25)(H3,22,23,28)/b17-12-. The molecule has 168 valence electrons. The third-order valence-electron chi connectivity index (χ3n) is 4.64. The Kier molecular flexibility index (Phi) is 6.68. The average molecular weight is 446 g/mol. The van der Waals surface area contributed by atoms with E-state index >= 15 is 0 Å². The predicted octanol–water partition coefficient (Wildman–Crippen LogP) is 2.05. The molecule has 0 spiro atoms. The van der Waals surface area contributed by atoms with Gasteiger partial charge in [0.2, 0.25) is 5.82 Å². The number of nitrogen functional groups attached to an aromatic ring is 1. The molecule has 0 atom stereocenters. The lowest BCUT2D eigenvalue weighted by Gasteiger charge is -2.14. The zero-order chi connectivity index (χ0) is 23.0. The third kappa shape index (κ3) is 5.58. The van der Waals surface area contributed by atoms with Gasteiger partial charge in [-0.15, -0.1) is 0 Å². The Morgan fingerprint density at radius 2 is 2.06 bits per heavy atom. The number of anilines is 2. The molecule has 0 unspecified atom stereocenters. The first-order valence-electron chi connectivity index (χ1n) is 10.0. The Morgan fingerprint density at radius 1 is 1.18 bits per heavy atom. The Bertz CT molecular complexity index is 1270. The number of para-hydroxylation sites is 1. The summed E-state index contributed by atoms with van der Waals surface area (Å²) in [5.74, 6) is 1.01. The SMILES string of the molecule is Nc1nc(NCCNNN/C(=C\c2ncc[nH]2)c2cnc3ccccc3c2)ccc1[N+](=O)[O-]. The first-order valence-corrected chi connectivity index (χ1v) is 10.0. The van der Waals surface area contributed by atoms with E-state index in [0.29, 0.717) is 24.7 Å². The number of hydrazine groups is 2. The van der Waals surface area contributed by atoms with Crippen molar-refractivity contribution < 1.29 is 4.92 Å². The van der Waals surface area contributed by atoms with Crippen molar-refractivity contribution >= 4 is 40.0 Å². The van der Waals surface area contributed by atoms with E-state index in [1.54, 1.807) is 18.6 Å². The number of H-pyrrole nitrogens is 1. The zero-order valence-electron chi connectivity index (χ0n) is 17.4. The van der Waals surface area contributed by atoms with Crippen molar-refractivity contribution in [3.05, 3.63) is 82.6 Å². The summed E-state index contributed by atoms with van der Waals surface area (Å²) in [6.07, 6.45) is 7.08. The molecule has 3 aromatic heterocycles. The summed E-state index contributed by atoms with van der Waals surface area (Å²) in [5, 5.41) is 14.9. The first-order chi connectivity index (χ1) is 16.1. The van der Waals surface area contributed by atoms with E-state index in [1.165, 1.54) is 12.1 Å². The minimum Gasteiger partial charge on any atom is -0.378 e. The number of nitrogens with zero attached hydrogens (tertiary/aromatic N) is 4. The van der Waals surface area contributed by atoms with Crippen LogP contribution >= 0.6 is 0 Å². The molecule has 4 aromatic rings. The van der Waals surface area contributed by atoms with E-state index < -0.39 is 4.92 Å². The van der Waals surface area contributed by atoms with Gasteiger partial charge in [0.1, 0.15) is 11.6 Å². The molecule has 0 aliphatic carbocycles. The van der Waals surface area contributed by atoms with E-state index in [0.717, 1.165) is 22.2 Å². The van der Waals surface area contributed by atoms with Crippen LogP contribution in [0.5, 0.6) is 0 Å². The molecular weight excluding hydrogens is 424 g/mol. The number of fused-ring (bicyclic) bond motifs is 1. The highest BCUT2D eigenvalue weighted by Gasteiger charge is 2.12. The van der Waals surface area contributed by atoms with Crippen molar-refractivity contribution in [3.8, 4) is 0 Å². The van der Waals surface area contributed by atoms with Crippen LogP contribution in [-0.2, 0) is 0 Å². The van der Waals surface area contributed by atoms with Crippen LogP contribution in [-0.4, -0.2) is 37.9 Å². The molecule has 1 aromatic carbocycles.